The number of aliphatic hydroxyl groups is 1. The highest BCUT2D eigenvalue weighted by Crippen LogP contribution is 2.42. The molecule has 1 aromatic heterocycles. The summed E-state index contributed by atoms with van der Waals surface area (Å²) in [5, 5.41) is 11.6. The van der Waals surface area contributed by atoms with Gasteiger partial charge in [0.05, 0.1) is 41.0 Å². The number of halogens is 2. The van der Waals surface area contributed by atoms with E-state index in [4.69, 9.17) is 27.9 Å². The summed E-state index contributed by atoms with van der Waals surface area (Å²) in [5.74, 6) is -1.66. The van der Waals surface area contributed by atoms with Crippen molar-refractivity contribution in [3.8, 4) is 5.75 Å². The van der Waals surface area contributed by atoms with E-state index < -0.39 is 17.7 Å². The third kappa shape index (κ3) is 4.70. The Balaban J connectivity index is 1.88. The average Bonchev–Trinajstić information content (AvgIpc) is 3.09. The van der Waals surface area contributed by atoms with E-state index in [0.29, 0.717) is 11.3 Å². The molecule has 1 fully saturated rings. The van der Waals surface area contributed by atoms with Gasteiger partial charge in [0.15, 0.2) is 5.75 Å². The molecule has 1 unspecified atom stereocenters. The van der Waals surface area contributed by atoms with E-state index >= 15 is 0 Å². The van der Waals surface area contributed by atoms with Crippen molar-refractivity contribution in [2.75, 3.05) is 26.1 Å². The summed E-state index contributed by atoms with van der Waals surface area (Å²) in [6.45, 7) is 0.0897. The number of aliphatic hydroxyl groups excluding tert-OH is 1. The molecule has 0 radical (unpaired) electrons. The first kappa shape index (κ1) is 24.6. The van der Waals surface area contributed by atoms with E-state index in [9.17, 15) is 14.7 Å². The van der Waals surface area contributed by atoms with Crippen LogP contribution < -0.4 is 9.64 Å². The fourth-order valence-electron chi connectivity index (χ4n) is 4.06. The lowest BCUT2D eigenvalue weighted by atomic mass is 9.95. The van der Waals surface area contributed by atoms with E-state index in [1.807, 2.05) is 43.3 Å². The van der Waals surface area contributed by atoms with Crippen LogP contribution in [0.25, 0.3) is 5.76 Å². The minimum atomic E-state index is -0.840. The second kappa shape index (κ2) is 9.98. The fourth-order valence-corrected chi connectivity index (χ4v) is 4.70. The van der Waals surface area contributed by atoms with Gasteiger partial charge in [-0.25, -0.2) is 0 Å². The molecule has 1 aliphatic heterocycles. The Kier molecular flexibility index (Phi) is 7.00. The number of Topliss-reactive ketones (excluding diaryl/α,β-unsaturated/α-hetero) is 1. The molecule has 1 amide bonds. The number of nitrogens with zero attached hydrogens (tertiary/aromatic N) is 3. The minimum Gasteiger partial charge on any atom is -0.507 e. The third-order valence-corrected chi connectivity index (χ3v) is 6.36. The van der Waals surface area contributed by atoms with Crippen LogP contribution in [-0.2, 0) is 16.1 Å². The van der Waals surface area contributed by atoms with Crippen molar-refractivity contribution in [2.24, 2.45) is 0 Å². The molecule has 0 spiro atoms. The van der Waals surface area contributed by atoms with E-state index in [0.717, 1.165) is 5.69 Å². The van der Waals surface area contributed by atoms with Crippen molar-refractivity contribution in [3.05, 3.63) is 93.2 Å². The second-order valence-corrected chi connectivity index (χ2v) is 9.02. The van der Waals surface area contributed by atoms with Crippen LogP contribution in [0.1, 0.15) is 22.9 Å². The van der Waals surface area contributed by atoms with Gasteiger partial charge in [-0.15, -0.1) is 0 Å². The van der Waals surface area contributed by atoms with Crippen molar-refractivity contribution in [1.82, 2.24) is 9.88 Å². The fraction of sp³-hybridized carbons (Fsp3) is 0.192. The molecule has 0 aliphatic carbocycles. The van der Waals surface area contributed by atoms with E-state index in [1.54, 1.807) is 24.4 Å². The second-order valence-electron chi connectivity index (χ2n) is 8.21. The molecule has 0 saturated carbocycles. The van der Waals surface area contributed by atoms with Crippen molar-refractivity contribution in [2.45, 2.75) is 12.6 Å². The van der Waals surface area contributed by atoms with Gasteiger partial charge in [-0.2, -0.15) is 0 Å². The van der Waals surface area contributed by atoms with Crippen LogP contribution in [0.2, 0.25) is 10.0 Å². The van der Waals surface area contributed by atoms with Crippen molar-refractivity contribution < 1.29 is 19.4 Å². The summed E-state index contributed by atoms with van der Waals surface area (Å²) in [6, 6.07) is 14.8. The maximum absolute atomic E-state index is 13.2. The standard InChI is InChI=1S/C26H23Cl2N3O4/c1-30(2)18-9-7-15(8-10-18)22-21(23(32)16-12-19(27)25(35-3)20(28)13-16)24(33)26(34)31(22)14-17-6-4-5-11-29-17/h4-13,22,32H,14H2,1-3H3/b23-21+. The number of anilines is 1. The number of methoxy groups -OCH3 is 1. The number of ether oxygens (including phenoxy) is 1. The predicted octanol–water partition coefficient (Wildman–Crippen LogP) is 5.08. The molecule has 1 aliphatic rings. The normalized spacial score (nSPS) is 17.1. The van der Waals surface area contributed by atoms with Crippen molar-refractivity contribution in [3.63, 3.8) is 0 Å². The minimum absolute atomic E-state index is 0.0548. The van der Waals surface area contributed by atoms with Crippen LogP contribution in [0.15, 0.2) is 66.4 Å². The Labute approximate surface area is 213 Å². The van der Waals surface area contributed by atoms with Crippen LogP contribution >= 0.6 is 23.2 Å². The number of rotatable bonds is 6. The summed E-state index contributed by atoms with van der Waals surface area (Å²) in [6.07, 6.45) is 1.62. The monoisotopic (exact) mass is 511 g/mol. The molecule has 1 saturated heterocycles. The molecule has 7 nitrogen and oxygen atoms in total. The van der Waals surface area contributed by atoms with Crippen LogP contribution in [0, 0.1) is 0 Å². The SMILES string of the molecule is COc1c(Cl)cc(/C(O)=C2\C(=O)C(=O)N(Cc3ccccn3)C2c2ccc(N(C)C)cc2)cc1Cl. The molecule has 9 heteroatoms. The quantitative estimate of drug-likeness (QED) is 0.282. The van der Waals surface area contributed by atoms with Crippen LogP contribution in [-0.4, -0.2) is 47.9 Å². The molecular formula is C26H23Cl2N3O4. The average molecular weight is 512 g/mol. The van der Waals surface area contributed by atoms with E-state index in [1.165, 1.54) is 24.1 Å². The van der Waals surface area contributed by atoms with Gasteiger partial charge >= 0.3 is 0 Å². The molecule has 35 heavy (non-hydrogen) atoms. The number of benzene rings is 2. The van der Waals surface area contributed by atoms with Crippen molar-refractivity contribution >= 4 is 46.3 Å². The van der Waals surface area contributed by atoms with Crippen molar-refractivity contribution in [1.29, 1.82) is 0 Å². The topological polar surface area (TPSA) is 83.0 Å². The van der Waals surface area contributed by atoms with Crippen LogP contribution in [0.5, 0.6) is 5.75 Å². The first-order valence-electron chi connectivity index (χ1n) is 10.7. The Morgan fingerprint density at radius 3 is 2.29 bits per heavy atom. The lowest BCUT2D eigenvalue weighted by Crippen LogP contribution is -2.29. The largest absolute Gasteiger partial charge is 0.507 e. The highest BCUT2D eigenvalue weighted by atomic mass is 35.5. The number of pyridine rings is 1. The van der Waals surface area contributed by atoms with Gasteiger partial charge in [-0.1, -0.05) is 41.4 Å². The molecule has 4 rings (SSSR count). The molecular weight excluding hydrogens is 489 g/mol. The van der Waals surface area contributed by atoms with E-state index in [-0.39, 0.29) is 39.2 Å². The number of carbonyl (C=O) groups excluding carboxylic acids is 2. The zero-order valence-corrected chi connectivity index (χ0v) is 20.8. The molecule has 1 N–H and O–H groups in total. The van der Waals surface area contributed by atoms with Gasteiger partial charge < -0.3 is 19.6 Å². The van der Waals surface area contributed by atoms with Gasteiger partial charge in [0.2, 0.25) is 0 Å². The lowest BCUT2D eigenvalue weighted by Gasteiger charge is -2.25. The maximum Gasteiger partial charge on any atom is 0.296 e. The number of hydrogen-bond donors (Lipinski definition) is 1. The summed E-state index contributed by atoms with van der Waals surface area (Å²) < 4.78 is 5.18. The molecule has 180 valence electrons. The predicted molar refractivity (Wildman–Crippen MR) is 136 cm³/mol. The highest BCUT2D eigenvalue weighted by molar-refractivity contribution is 6.46. The summed E-state index contributed by atoms with van der Waals surface area (Å²) in [4.78, 5) is 34.1. The number of likely N-dealkylation sites (tertiary alicyclic amines) is 1. The number of carbonyl (C=O) groups is 2. The first-order valence-corrected chi connectivity index (χ1v) is 11.5. The van der Waals surface area contributed by atoms with Gasteiger partial charge in [0.25, 0.3) is 11.7 Å². The van der Waals surface area contributed by atoms with Crippen LogP contribution in [0.4, 0.5) is 5.69 Å². The third-order valence-electron chi connectivity index (χ3n) is 5.80. The molecule has 3 aromatic rings. The molecule has 0 bridgehead atoms. The van der Waals surface area contributed by atoms with Gasteiger partial charge in [0, 0.05) is 31.5 Å². The Hall–Kier alpha value is -3.55. The van der Waals surface area contributed by atoms with Gasteiger partial charge in [-0.05, 0) is 42.0 Å². The van der Waals surface area contributed by atoms with E-state index in [2.05, 4.69) is 4.98 Å². The Morgan fingerprint density at radius 1 is 1.09 bits per heavy atom. The summed E-state index contributed by atoms with van der Waals surface area (Å²) in [7, 11) is 5.26. The van der Waals surface area contributed by atoms with Gasteiger partial charge in [-0.3, -0.25) is 14.6 Å². The Bertz CT molecular complexity index is 1280. The number of amides is 1. The smallest absolute Gasteiger partial charge is 0.296 e. The van der Waals surface area contributed by atoms with Crippen LogP contribution in [0.3, 0.4) is 0 Å². The summed E-state index contributed by atoms with van der Waals surface area (Å²) in [5.41, 5.74) is 2.37. The number of ketones is 1. The number of aromatic nitrogens is 1. The van der Waals surface area contributed by atoms with Gasteiger partial charge in [0.1, 0.15) is 5.76 Å². The lowest BCUT2D eigenvalue weighted by molar-refractivity contribution is -0.140. The molecule has 2 aromatic carbocycles. The summed E-state index contributed by atoms with van der Waals surface area (Å²) >= 11 is 12.5. The molecule has 2 heterocycles. The highest BCUT2D eigenvalue weighted by Gasteiger charge is 2.46. The zero-order chi connectivity index (χ0) is 25.3. The molecule has 1 atom stereocenters. The number of hydrogen-bond acceptors (Lipinski definition) is 6. The maximum atomic E-state index is 13.2. The zero-order valence-electron chi connectivity index (χ0n) is 19.3. The Morgan fingerprint density at radius 2 is 1.74 bits per heavy atom. The first-order chi connectivity index (χ1) is 16.7.